The largest absolute Gasteiger partial charge is 0.481 e. The van der Waals surface area contributed by atoms with E-state index >= 15 is 0 Å². The lowest BCUT2D eigenvalue weighted by atomic mass is 9.96. The molecule has 0 spiro atoms. The minimum atomic E-state index is -2.74. The minimum Gasteiger partial charge on any atom is -0.481 e. The summed E-state index contributed by atoms with van der Waals surface area (Å²) in [7, 11) is 0. The number of aliphatic carboxylic acids is 4. The Morgan fingerprint density at radius 2 is 1.21 bits per heavy atom. The number of carboxylic acid groups (broad SMARTS) is 4. The second kappa shape index (κ2) is 8.00. The van der Waals surface area contributed by atoms with Crippen LogP contribution in [0.1, 0.15) is 19.8 Å². The van der Waals surface area contributed by atoms with Crippen LogP contribution in [0.4, 0.5) is 0 Å². The summed E-state index contributed by atoms with van der Waals surface area (Å²) in [4.78, 5) is 39.9. The van der Waals surface area contributed by atoms with Gasteiger partial charge in [-0.15, -0.1) is 0 Å². The van der Waals surface area contributed by atoms with E-state index in [0.717, 1.165) is 0 Å². The molecule has 0 bridgehead atoms. The maximum absolute atomic E-state index is 10.3. The SMILES string of the molecule is C[C@H](O)C(=O)O.O=C(O)CC(O)(CC(=O)O)C(=O)O. The Kier molecular flexibility index (Phi) is 8.06. The van der Waals surface area contributed by atoms with E-state index in [-0.39, 0.29) is 0 Å². The molecule has 0 aromatic carbocycles. The summed E-state index contributed by atoms with van der Waals surface area (Å²) in [5, 5.41) is 49.6. The third-order valence-electron chi connectivity index (χ3n) is 1.64. The Bertz CT molecular complexity index is 342. The quantitative estimate of drug-likeness (QED) is 0.324. The van der Waals surface area contributed by atoms with Crippen molar-refractivity contribution < 1.29 is 49.8 Å². The van der Waals surface area contributed by atoms with Crippen LogP contribution in [0.25, 0.3) is 0 Å². The Morgan fingerprint density at radius 3 is 1.32 bits per heavy atom. The molecular formula is C9H14O10. The van der Waals surface area contributed by atoms with Gasteiger partial charge in [0.1, 0.15) is 6.10 Å². The Morgan fingerprint density at radius 1 is 0.947 bits per heavy atom. The van der Waals surface area contributed by atoms with Crippen LogP contribution in [0.5, 0.6) is 0 Å². The maximum Gasteiger partial charge on any atom is 0.336 e. The van der Waals surface area contributed by atoms with E-state index in [0.29, 0.717) is 0 Å². The van der Waals surface area contributed by atoms with E-state index in [1.165, 1.54) is 6.92 Å². The van der Waals surface area contributed by atoms with Crippen LogP contribution in [0.3, 0.4) is 0 Å². The molecule has 0 radical (unpaired) electrons. The van der Waals surface area contributed by atoms with E-state index in [1.54, 1.807) is 0 Å². The average Bonchev–Trinajstić information content (AvgIpc) is 2.14. The molecular weight excluding hydrogens is 268 g/mol. The summed E-state index contributed by atoms with van der Waals surface area (Å²) in [6.07, 6.45) is -3.52. The molecule has 0 saturated heterocycles. The fourth-order valence-corrected chi connectivity index (χ4v) is 0.714. The van der Waals surface area contributed by atoms with Crippen molar-refractivity contribution in [1.29, 1.82) is 0 Å². The number of hydrogen-bond donors (Lipinski definition) is 6. The molecule has 19 heavy (non-hydrogen) atoms. The van der Waals surface area contributed by atoms with Crippen LogP contribution in [-0.2, 0) is 19.2 Å². The van der Waals surface area contributed by atoms with Crippen molar-refractivity contribution in [3.8, 4) is 0 Å². The second-order valence-electron chi connectivity index (χ2n) is 3.49. The van der Waals surface area contributed by atoms with Crippen LogP contribution in [0, 0.1) is 0 Å². The van der Waals surface area contributed by atoms with Gasteiger partial charge in [-0.3, -0.25) is 9.59 Å². The lowest BCUT2D eigenvalue weighted by molar-refractivity contribution is -0.170. The molecule has 0 unspecified atom stereocenters. The monoisotopic (exact) mass is 282 g/mol. The zero-order chi connectivity index (χ0) is 15.8. The van der Waals surface area contributed by atoms with Gasteiger partial charge in [-0.05, 0) is 6.92 Å². The molecule has 10 nitrogen and oxygen atoms in total. The average molecular weight is 282 g/mol. The fraction of sp³-hybridized carbons (Fsp3) is 0.556. The van der Waals surface area contributed by atoms with Crippen molar-refractivity contribution >= 4 is 23.9 Å². The summed E-state index contributed by atoms with van der Waals surface area (Å²) in [5.41, 5.74) is -2.74. The number of rotatable bonds is 6. The predicted octanol–water partition coefficient (Wildman–Crippen LogP) is -1.80. The molecule has 0 aromatic heterocycles. The van der Waals surface area contributed by atoms with Crippen LogP contribution in [0.15, 0.2) is 0 Å². The third-order valence-corrected chi connectivity index (χ3v) is 1.64. The van der Waals surface area contributed by atoms with Crippen molar-refractivity contribution in [1.82, 2.24) is 0 Å². The van der Waals surface area contributed by atoms with Gasteiger partial charge in [-0.2, -0.15) is 0 Å². The normalized spacial score (nSPS) is 11.7. The highest BCUT2D eigenvalue weighted by molar-refractivity contribution is 5.88. The van der Waals surface area contributed by atoms with Gasteiger partial charge in [-0.25, -0.2) is 9.59 Å². The first kappa shape index (κ1) is 19.1. The van der Waals surface area contributed by atoms with Gasteiger partial charge in [0, 0.05) is 0 Å². The van der Waals surface area contributed by atoms with E-state index in [9.17, 15) is 19.2 Å². The van der Waals surface area contributed by atoms with Gasteiger partial charge < -0.3 is 30.6 Å². The molecule has 0 aliphatic rings. The molecule has 0 aromatic rings. The first-order valence-electron chi connectivity index (χ1n) is 4.72. The third kappa shape index (κ3) is 9.50. The molecule has 0 aliphatic heterocycles. The molecule has 110 valence electrons. The van der Waals surface area contributed by atoms with Gasteiger partial charge in [0.2, 0.25) is 0 Å². The van der Waals surface area contributed by atoms with E-state index < -0.39 is 48.4 Å². The Labute approximate surface area is 106 Å². The summed E-state index contributed by atoms with van der Waals surface area (Å²) in [5.74, 6) is -6.20. The zero-order valence-corrected chi connectivity index (χ0v) is 9.81. The van der Waals surface area contributed by atoms with Crippen molar-refractivity contribution in [2.45, 2.75) is 31.5 Å². The summed E-state index contributed by atoms with van der Waals surface area (Å²) in [6.45, 7) is 1.20. The lowest BCUT2D eigenvalue weighted by Gasteiger charge is -2.18. The maximum atomic E-state index is 10.3. The van der Waals surface area contributed by atoms with Crippen molar-refractivity contribution in [2.24, 2.45) is 0 Å². The van der Waals surface area contributed by atoms with Gasteiger partial charge >= 0.3 is 23.9 Å². The fourth-order valence-electron chi connectivity index (χ4n) is 0.714. The van der Waals surface area contributed by atoms with E-state index in [2.05, 4.69) is 0 Å². The number of hydrogen-bond acceptors (Lipinski definition) is 6. The zero-order valence-electron chi connectivity index (χ0n) is 9.81. The molecule has 0 amide bonds. The van der Waals surface area contributed by atoms with E-state index in [4.69, 9.17) is 30.6 Å². The molecule has 0 fully saturated rings. The number of aliphatic hydroxyl groups is 2. The predicted molar refractivity (Wildman–Crippen MR) is 56.4 cm³/mol. The molecule has 0 heterocycles. The van der Waals surface area contributed by atoms with E-state index in [1.807, 2.05) is 0 Å². The van der Waals surface area contributed by atoms with Crippen LogP contribution >= 0.6 is 0 Å². The Balaban J connectivity index is 0. The summed E-state index contributed by atoms with van der Waals surface area (Å²) in [6, 6.07) is 0. The highest BCUT2D eigenvalue weighted by Gasteiger charge is 2.40. The minimum absolute atomic E-state index is 1.14. The van der Waals surface area contributed by atoms with Gasteiger partial charge in [0.25, 0.3) is 0 Å². The van der Waals surface area contributed by atoms with Crippen molar-refractivity contribution in [3.05, 3.63) is 0 Å². The lowest BCUT2D eigenvalue weighted by Crippen LogP contribution is -2.42. The molecule has 1 atom stereocenters. The molecule has 6 N–H and O–H groups in total. The number of carbonyl (C=O) groups is 4. The topological polar surface area (TPSA) is 190 Å². The second-order valence-corrected chi connectivity index (χ2v) is 3.49. The molecule has 0 rings (SSSR count). The molecule has 0 saturated carbocycles. The highest BCUT2D eigenvalue weighted by Crippen LogP contribution is 2.15. The summed E-state index contributed by atoms with van der Waals surface area (Å²) >= 11 is 0. The van der Waals surface area contributed by atoms with Crippen LogP contribution in [0.2, 0.25) is 0 Å². The van der Waals surface area contributed by atoms with Crippen LogP contribution in [-0.4, -0.2) is 66.2 Å². The first-order chi connectivity index (χ1) is 8.42. The van der Waals surface area contributed by atoms with Gasteiger partial charge in [-0.1, -0.05) is 0 Å². The number of carboxylic acids is 4. The summed E-state index contributed by atoms with van der Waals surface area (Å²) < 4.78 is 0. The van der Waals surface area contributed by atoms with Gasteiger partial charge in [0.05, 0.1) is 12.8 Å². The van der Waals surface area contributed by atoms with Crippen molar-refractivity contribution in [3.63, 3.8) is 0 Å². The Hall–Kier alpha value is -2.20. The first-order valence-corrected chi connectivity index (χ1v) is 4.72. The highest BCUT2D eigenvalue weighted by atomic mass is 16.4. The smallest absolute Gasteiger partial charge is 0.336 e. The van der Waals surface area contributed by atoms with Crippen LogP contribution < -0.4 is 0 Å². The van der Waals surface area contributed by atoms with Crippen molar-refractivity contribution in [2.75, 3.05) is 0 Å². The molecule has 0 aliphatic carbocycles. The number of aliphatic hydroxyl groups excluding tert-OH is 1. The standard InChI is InChI=1S/C6H8O7.C3H6O3/c7-3(8)1-6(13,5(11)12)2-4(9)10;1-2(4)3(5)6/h13H,1-2H2,(H,7,8)(H,9,10)(H,11,12);2,4H,1H3,(H,5,6)/t;2-/m.0/s1. The molecule has 10 heteroatoms. The van der Waals surface area contributed by atoms with Gasteiger partial charge in [0.15, 0.2) is 5.60 Å².